The van der Waals surface area contributed by atoms with Gasteiger partial charge >= 0.3 is 0 Å². The van der Waals surface area contributed by atoms with E-state index < -0.39 is 0 Å². The van der Waals surface area contributed by atoms with Gasteiger partial charge in [-0.2, -0.15) is 16.7 Å². The van der Waals surface area contributed by atoms with Crippen LogP contribution in [0.15, 0.2) is 22.9 Å². The molecule has 0 saturated carbocycles. The molecule has 0 spiro atoms. The summed E-state index contributed by atoms with van der Waals surface area (Å²) in [7, 11) is 2.05. The van der Waals surface area contributed by atoms with Crippen LogP contribution in [0.2, 0.25) is 0 Å². The molecule has 6 nitrogen and oxygen atoms in total. The second-order valence-electron chi connectivity index (χ2n) is 4.40. The average molecular weight is 278 g/mol. The zero-order valence-corrected chi connectivity index (χ0v) is 11.3. The first-order chi connectivity index (χ1) is 9.25. The molecular weight excluding hydrogens is 264 g/mol. The fourth-order valence-corrected chi connectivity index (χ4v) is 3.20. The minimum absolute atomic E-state index is 0.0454. The van der Waals surface area contributed by atoms with Gasteiger partial charge in [0.1, 0.15) is 5.75 Å². The molecule has 0 radical (unpaired) electrons. The molecule has 1 fully saturated rings. The van der Waals surface area contributed by atoms with Gasteiger partial charge in [0.25, 0.3) is 5.89 Å². The summed E-state index contributed by atoms with van der Waals surface area (Å²) in [6.07, 6.45) is 1.58. The minimum atomic E-state index is 0.0454. The van der Waals surface area contributed by atoms with Crippen molar-refractivity contribution in [2.24, 2.45) is 0 Å². The van der Waals surface area contributed by atoms with Gasteiger partial charge in [-0.3, -0.25) is 4.90 Å². The Balaban J connectivity index is 1.89. The van der Waals surface area contributed by atoms with Crippen LogP contribution in [0.1, 0.15) is 11.9 Å². The molecule has 2 aromatic rings. The quantitative estimate of drug-likeness (QED) is 0.893. The first-order valence-corrected chi connectivity index (χ1v) is 7.17. The lowest BCUT2D eigenvalue weighted by Gasteiger charge is -2.29. The molecule has 1 saturated heterocycles. The number of pyridine rings is 1. The number of hydrogen-bond acceptors (Lipinski definition) is 7. The first kappa shape index (κ1) is 12.4. The van der Waals surface area contributed by atoms with Gasteiger partial charge in [0.2, 0.25) is 0 Å². The van der Waals surface area contributed by atoms with E-state index in [1.165, 1.54) is 0 Å². The van der Waals surface area contributed by atoms with Crippen molar-refractivity contribution in [1.82, 2.24) is 20.0 Å². The molecule has 1 N–H and O–H groups in total. The Labute approximate surface area is 114 Å². The summed E-state index contributed by atoms with van der Waals surface area (Å²) < 4.78 is 5.21. The molecule has 7 heteroatoms. The summed E-state index contributed by atoms with van der Waals surface area (Å²) in [5.41, 5.74) is 0.326. The summed E-state index contributed by atoms with van der Waals surface area (Å²) >= 11 is 1.88. The summed E-state index contributed by atoms with van der Waals surface area (Å²) in [4.78, 5) is 10.6. The van der Waals surface area contributed by atoms with Crippen LogP contribution in [0.3, 0.4) is 0 Å². The van der Waals surface area contributed by atoms with E-state index in [1.54, 1.807) is 18.3 Å². The number of rotatable bonds is 2. The lowest BCUT2D eigenvalue weighted by atomic mass is 10.2. The van der Waals surface area contributed by atoms with E-state index in [-0.39, 0.29) is 17.7 Å². The van der Waals surface area contributed by atoms with Crippen LogP contribution in [0.4, 0.5) is 0 Å². The molecule has 2 aromatic heterocycles. The Morgan fingerprint density at radius 3 is 3.21 bits per heavy atom. The zero-order chi connectivity index (χ0) is 13.2. The lowest BCUT2D eigenvalue weighted by molar-refractivity contribution is 0.257. The van der Waals surface area contributed by atoms with Crippen molar-refractivity contribution < 1.29 is 9.63 Å². The van der Waals surface area contributed by atoms with Crippen LogP contribution in [0.25, 0.3) is 11.6 Å². The van der Waals surface area contributed by atoms with Crippen LogP contribution in [0, 0.1) is 0 Å². The molecule has 0 bridgehead atoms. The number of hydrogen-bond donors (Lipinski definition) is 1. The van der Waals surface area contributed by atoms with E-state index in [2.05, 4.69) is 27.1 Å². The van der Waals surface area contributed by atoms with E-state index in [4.69, 9.17) is 4.52 Å². The Bertz CT molecular complexity index is 574. The van der Waals surface area contributed by atoms with Crippen LogP contribution < -0.4 is 0 Å². The summed E-state index contributed by atoms with van der Waals surface area (Å²) in [5.74, 6) is 3.03. The minimum Gasteiger partial charge on any atom is -0.505 e. The van der Waals surface area contributed by atoms with E-state index in [9.17, 15) is 5.11 Å². The SMILES string of the molecule is CN1CCSCC1c1noc(-c2ncccc2O)n1. The second kappa shape index (κ2) is 5.18. The Morgan fingerprint density at radius 1 is 1.53 bits per heavy atom. The summed E-state index contributed by atoms with van der Waals surface area (Å²) in [6.45, 7) is 1.01. The lowest BCUT2D eigenvalue weighted by Crippen LogP contribution is -2.33. The van der Waals surface area contributed by atoms with Gasteiger partial charge in [0.05, 0.1) is 6.04 Å². The average Bonchev–Trinajstić information content (AvgIpc) is 2.89. The highest BCUT2D eigenvalue weighted by atomic mass is 32.2. The fraction of sp³-hybridized carbons (Fsp3) is 0.417. The smallest absolute Gasteiger partial charge is 0.280 e. The highest BCUT2D eigenvalue weighted by Crippen LogP contribution is 2.29. The maximum atomic E-state index is 9.73. The Hall–Kier alpha value is -1.60. The second-order valence-corrected chi connectivity index (χ2v) is 5.55. The van der Waals surface area contributed by atoms with Gasteiger partial charge in [-0.1, -0.05) is 5.16 Å². The summed E-state index contributed by atoms with van der Waals surface area (Å²) in [6, 6.07) is 3.36. The van der Waals surface area contributed by atoms with Gasteiger partial charge in [0, 0.05) is 24.2 Å². The maximum Gasteiger partial charge on any atom is 0.280 e. The number of aromatic hydroxyl groups is 1. The van der Waals surface area contributed by atoms with Crippen molar-refractivity contribution in [2.45, 2.75) is 6.04 Å². The number of thioether (sulfide) groups is 1. The van der Waals surface area contributed by atoms with Gasteiger partial charge in [-0.05, 0) is 19.2 Å². The molecule has 1 atom stereocenters. The van der Waals surface area contributed by atoms with Crippen LogP contribution >= 0.6 is 11.8 Å². The molecule has 3 rings (SSSR count). The van der Waals surface area contributed by atoms with Gasteiger partial charge < -0.3 is 9.63 Å². The van der Waals surface area contributed by atoms with E-state index in [0.717, 1.165) is 18.1 Å². The van der Waals surface area contributed by atoms with Crippen molar-refractivity contribution in [2.75, 3.05) is 25.1 Å². The molecule has 19 heavy (non-hydrogen) atoms. The van der Waals surface area contributed by atoms with Crippen molar-refractivity contribution in [3.63, 3.8) is 0 Å². The Kier molecular flexibility index (Phi) is 3.39. The third-order valence-corrected chi connectivity index (χ3v) is 4.15. The maximum absolute atomic E-state index is 9.73. The Morgan fingerprint density at radius 2 is 2.42 bits per heavy atom. The van der Waals surface area contributed by atoms with E-state index in [0.29, 0.717) is 11.5 Å². The predicted octanol–water partition coefficient (Wildman–Crippen LogP) is 1.56. The zero-order valence-electron chi connectivity index (χ0n) is 10.5. The number of aromatic nitrogens is 3. The molecular formula is C12H14N4O2S. The normalized spacial score (nSPS) is 20.6. The molecule has 100 valence electrons. The third-order valence-electron chi connectivity index (χ3n) is 3.12. The molecule has 1 aliphatic rings. The summed E-state index contributed by atoms with van der Waals surface area (Å²) in [5, 5.41) is 13.7. The van der Waals surface area contributed by atoms with Gasteiger partial charge in [-0.25, -0.2) is 4.98 Å². The van der Waals surface area contributed by atoms with Crippen molar-refractivity contribution in [3.05, 3.63) is 24.2 Å². The standard InChI is InChI=1S/C12H14N4O2S/c1-16-5-6-19-7-8(16)11-14-12(18-15-11)10-9(17)3-2-4-13-10/h2-4,8,17H,5-7H2,1H3. The molecule has 0 aliphatic carbocycles. The van der Waals surface area contributed by atoms with Crippen molar-refractivity contribution in [3.8, 4) is 17.3 Å². The van der Waals surface area contributed by atoms with Crippen LogP contribution in [0.5, 0.6) is 5.75 Å². The van der Waals surface area contributed by atoms with Crippen LogP contribution in [-0.2, 0) is 0 Å². The highest BCUT2D eigenvalue weighted by Gasteiger charge is 2.26. The largest absolute Gasteiger partial charge is 0.505 e. The van der Waals surface area contributed by atoms with Gasteiger partial charge in [-0.15, -0.1) is 0 Å². The molecule has 3 heterocycles. The monoisotopic (exact) mass is 278 g/mol. The van der Waals surface area contributed by atoms with Gasteiger partial charge in [0.15, 0.2) is 11.5 Å². The van der Waals surface area contributed by atoms with Crippen LogP contribution in [-0.4, -0.2) is 50.2 Å². The predicted molar refractivity (Wildman–Crippen MR) is 71.9 cm³/mol. The van der Waals surface area contributed by atoms with Crippen molar-refractivity contribution >= 4 is 11.8 Å². The van der Waals surface area contributed by atoms with E-state index in [1.807, 2.05) is 11.8 Å². The van der Waals surface area contributed by atoms with Crippen molar-refractivity contribution in [1.29, 1.82) is 0 Å². The third kappa shape index (κ3) is 2.43. The highest BCUT2D eigenvalue weighted by molar-refractivity contribution is 7.99. The fourth-order valence-electron chi connectivity index (χ4n) is 1.99. The molecule has 1 unspecified atom stereocenters. The first-order valence-electron chi connectivity index (χ1n) is 6.01. The molecule has 1 aliphatic heterocycles. The topological polar surface area (TPSA) is 75.3 Å². The molecule has 0 aromatic carbocycles. The molecule has 0 amide bonds. The van der Waals surface area contributed by atoms with E-state index >= 15 is 0 Å². The number of nitrogens with zero attached hydrogens (tertiary/aromatic N) is 4.